The van der Waals surface area contributed by atoms with E-state index >= 15 is 0 Å². The maximum atomic E-state index is 12.9. The van der Waals surface area contributed by atoms with Crippen LogP contribution >= 0.6 is 11.6 Å². The molecule has 0 saturated carbocycles. The van der Waals surface area contributed by atoms with Gasteiger partial charge in [0, 0.05) is 12.6 Å². The number of aromatic nitrogens is 3. The summed E-state index contributed by atoms with van der Waals surface area (Å²) in [6, 6.07) is 9.70. The third-order valence-corrected chi connectivity index (χ3v) is 4.65. The molecule has 0 spiro atoms. The molecule has 0 fully saturated rings. The first-order chi connectivity index (χ1) is 13.6. The Morgan fingerprint density at radius 1 is 1.21 bits per heavy atom. The molecule has 0 radical (unpaired) electrons. The van der Waals surface area contributed by atoms with Gasteiger partial charge in [0.25, 0.3) is 0 Å². The molecular weight excluding hydrogens is 409 g/mol. The molecule has 10 heteroatoms. The van der Waals surface area contributed by atoms with Crippen molar-refractivity contribution in [1.29, 1.82) is 0 Å². The summed E-state index contributed by atoms with van der Waals surface area (Å²) in [5, 5.41) is 4.11. The second-order valence-electron chi connectivity index (χ2n) is 6.35. The van der Waals surface area contributed by atoms with Crippen molar-refractivity contribution >= 4 is 29.2 Å². The number of carbonyl (C=O) groups excluding carboxylic acids is 1. The van der Waals surface area contributed by atoms with Crippen molar-refractivity contribution in [2.75, 3.05) is 0 Å². The number of alkyl halides is 3. The van der Waals surface area contributed by atoms with Crippen molar-refractivity contribution < 1.29 is 22.7 Å². The Bertz CT molecular complexity index is 1180. The SMILES string of the molecule is Cc1cc(-c2nc(C(F)(F)F)n(C)n2)ccc1N=C1OC(=O)c2c(Cl)cccc21. The third-order valence-electron chi connectivity index (χ3n) is 4.33. The summed E-state index contributed by atoms with van der Waals surface area (Å²) in [6.07, 6.45) is -4.60. The Hall–Kier alpha value is -3.20. The van der Waals surface area contributed by atoms with Crippen LogP contribution in [0.1, 0.15) is 27.3 Å². The zero-order valence-electron chi connectivity index (χ0n) is 15.1. The summed E-state index contributed by atoms with van der Waals surface area (Å²) in [7, 11) is 1.18. The van der Waals surface area contributed by atoms with Crippen molar-refractivity contribution in [3.05, 3.63) is 63.9 Å². The van der Waals surface area contributed by atoms with Crippen LogP contribution in [-0.2, 0) is 18.0 Å². The Labute approximate surface area is 167 Å². The molecule has 148 valence electrons. The average Bonchev–Trinajstić information content (AvgIpc) is 3.18. The van der Waals surface area contributed by atoms with Crippen molar-refractivity contribution in [3.8, 4) is 11.4 Å². The first-order valence-electron chi connectivity index (χ1n) is 8.34. The molecule has 29 heavy (non-hydrogen) atoms. The monoisotopic (exact) mass is 420 g/mol. The number of fused-ring (bicyclic) bond motifs is 1. The highest BCUT2D eigenvalue weighted by molar-refractivity contribution is 6.36. The van der Waals surface area contributed by atoms with Crippen LogP contribution in [0.3, 0.4) is 0 Å². The van der Waals surface area contributed by atoms with E-state index in [9.17, 15) is 18.0 Å². The maximum absolute atomic E-state index is 12.9. The number of aryl methyl sites for hydroxylation is 2. The fraction of sp³-hybridized carbons (Fsp3) is 0.158. The molecule has 1 aliphatic heterocycles. The van der Waals surface area contributed by atoms with Crippen molar-refractivity contribution in [2.24, 2.45) is 12.0 Å². The largest absolute Gasteiger partial charge is 0.451 e. The zero-order chi connectivity index (χ0) is 20.9. The van der Waals surface area contributed by atoms with E-state index in [1.807, 2.05) is 0 Å². The first kappa shape index (κ1) is 19.1. The number of ether oxygens (including phenoxy) is 1. The number of nitrogens with zero attached hydrogens (tertiary/aromatic N) is 4. The molecule has 0 unspecified atom stereocenters. The van der Waals surface area contributed by atoms with Crippen LogP contribution in [0.25, 0.3) is 11.4 Å². The van der Waals surface area contributed by atoms with Gasteiger partial charge in [-0.2, -0.15) is 18.3 Å². The predicted octanol–water partition coefficient (Wildman–Crippen LogP) is 4.71. The molecule has 4 rings (SSSR count). The Balaban J connectivity index is 1.71. The number of benzene rings is 2. The van der Waals surface area contributed by atoms with E-state index in [2.05, 4.69) is 15.1 Å². The number of cyclic esters (lactones) is 1. The van der Waals surface area contributed by atoms with Crippen LogP contribution in [0.4, 0.5) is 18.9 Å². The Kier molecular flexibility index (Phi) is 4.42. The second kappa shape index (κ2) is 6.70. The molecule has 1 aliphatic rings. The molecule has 0 amide bonds. The van der Waals surface area contributed by atoms with Gasteiger partial charge < -0.3 is 4.74 Å². The predicted molar refractivity (Wildman–Crippen MR) is 99.2 cm³/mol. The number of esters is 1. The van der Waals surface area contributed by atoms with E-state index in [0.29, 0.717) is 27.1 Å². The van der Waals surface area contributed by atoms with Gasteiger partial charge >= 0.3 is 12.1 Å². The molecular formula is C19H12ClF3N4O2. The van der Waals surface area contributed by atoms with Crippen LogP contribution < -0.4 is 0 Å². The van der Waals surface area contributed by atoms with Crippen LogP contribution in [0.5, 0.6) is 0 Å². The smallest absolute Gasteiger partial charge is 0.403 e. The van der Waals surface area contributed by atoms with E-state index in [-0.39, 0.29) is 22.3 Å². The Morgan fingerprint density at radius 3 is 2.62 bits per heavy atom. The van der Waals surface area contributed by atoms with Gasteiger partial charge in [0.15, 0.2) is 5.82 Å². The summed E-state index contributed by atoms with van der Waals surface area (Å²) in [5.41, 5.74) is 2.26. The number of rotatable bonds is 2. The summed E-state index contributed by atoms with van der Waals surface area (Å²) in [4.78, 5) is 20.0. The van der Waals surface area contributed by atoms with Gasteiger partial charge in [-0.3, -0.25) is 0 Å². The number of hydrogen-bond acceptors (Lipinski definition) is 5. The lowest BCUT2D eigenvalue weighted by Gasteiger charge is -2.04. The molecule has 0 atom stereocenters. The molecule has 2 heterocycles. The van der Waals surface area contributed by atoms with E-state index in [4.69, 9.17) is 16.3 Å². The van der Waals surface area contributed by atoms with Gasteiger partial charge in [-0.05, 0) is 42.8 Å². The number of carbonyl (C=O) groups is 1. The van der Waals surface area contributed by atoms with Crippen LogP contribution in [-0.4, -0.2) is 26.6 Å². The lowest BCUT2D eigenvalue weighted by Crippen LogP contribution is -2.13. The second-order valence-corrected chi connectivity index (χ2v) is 6.76. The fourth-order valence-corrected chi connectivity index (χ4v) is 3.22. The lowest BCUT2D eigenvalue weighted by atomic mass is 10.1. The highest BCUT2D eigenvalue weighted by Gasteiger charge is 2.37. The summed E-state index contributed by atoms with van der Waals surface area (Å²) in [5.74, 6) is -1.61. The topological polar surface area (TPSA) is 69.4 Å². The van der Waals surface area contributed by atoms with Crippen LogP contribution in [0.2, 0.25) is 5.02 Å². The van der Waals surface area contributed by atoms with Crippen LogP contribution in [0.15, 0.2) is 41.4 Å². The molecule has 0 saturated heterocycles. The molecule has 0 aliphatic carbocycles. The van der Waals surface area contributed by atoms with E-state index in [1.165, 1.54) is 7.05 Å². The van der Waals surface area contributed by atoms with Crippen molar-refractivity contribution in [3.63, 3.8) is 0 Å². The average molecular weight is 421 g/mol. The van der Waals surface area contributed by atoms with E-state index in [1.54, 1.807) is 43.3 Å². The molecule has 1 aromatic heterocycles. The van der Waals surface area contributed by atoms with Gasteiger partial charge in [0.2, 0.25) is 11.7 Å². The molecule has 2 aromatic carbocycles. The van der Waals surface area contributed by atoms with Gasteiger partial charge in [-0.1, -0.05) is 17.7 Å². The van der Waals surface area contributed by atoms with Gasteiger partial charge in [-0.25, -0.2) is 19.5 Å². The van der Waals surface area contributed by atoms with Gasteiger partial charge in [0.05, 0.1) is 21.8 Å². The van der Waals surface area contributed by atoms with Crippen molar-refractivity contribution in [1.82, 2.24) is 14.8 Å². The number of halogens is 4. The van der Waals surface area contributed by atoms with E-state index < -0.39 is 18.0 Å². The third kappa shape index (κ3) is 3.38. The van der Waals surface area contributed by atoms with Crippen LogP contribution in [0, 0.1) is 6.92 Å². The standard InChI is InChI=1S/C19H12ClF3N4O2/c1-9-8-10(15-25-18(19(21,22)23)27(2)26-15)6-7-13(9)24-16-11-4-3-5-12(20)14(11)17(28)29-16/h3-8H,1-2H3. The number of hydrogen-bond donors (Lipinski definition) is 0. The maximum Gasteiger partial charge on any atom is 0.451 e. The quantitative estimate of drug-likeness (QED) is 0.563. The molecule has 0 bridgehead atoms. The first-order valence-corrected chi connectivity index (χ1v) is 8.72. The minimum atomic E-state index is -4.60. The molecule has 0 N–H and O–H groups in total. The summed E-state index contributed by atoms with van der Waals surface area (Å²) < 4.78 is 44.7. The molecule has 6 nitrogen and oxygen atoms in total. The van der Waals surface area contributed by atoms with E-state index in [0.717, 1.165) is 0 Å². The fourth-order valence-electron chi connectivity index (χ4n) is 2.97. The summed E-state index contributed by atoms with van der Waals surface area (Å²) in [6.45, 7) is 1.73. The summed E-state index contributed by atoms with van der Waals surface area (Å²) >= 11 is 6.05. The van der Waals surface area contributed by atoms with Gasteiger partial charge in [-0.15, -0.1) is 0 Å². The highest BCUT2D eigenvalue weighted by Crippen LogP contribution is 2.32. The van der Waals surface area contributed by atoms with Gasteiger partial charge in [0.1, 0.15) is 0 Å². The lowest BCUT2D eigenvalue weighted by molar-refractivity contribution is -0.147. The number of aliphatic imine (C=N–C) groups is 1. The highest BCUT2D eigenvalue weighted by atomic mass is 35.5. The van der Waals surface area contributed by atoms with Crippen molar-refractivity contribution in [2.45, 2.75) is 13.1 Å². The minimum absolute atomic E-state index is 0.0495. The normalized spacial score (nSPS) is 15.0. The zero-order valence-corrected chi connectivity index (χ0v) is 15.8. The Morgan fingerprint density at radius 2 is 1.97 bits per heavy atom. The molecule has 3 aromatic rings. The minimum Gasteiger partial charge on any atom is -0.403 e.